The monoisotopic (exact) mass is 538 g/mol. The number of para-hydroxylation sites is 1. The summed E-state index contributed by atoms with van der Waals surface area (Å²) in [5, 5.41) is 40.2. The van der Waals surface area contributed by atoms with Gasteiger partial charge in [-0.15, -0.1) is 0 Å². The van der Waals surface area contributed by atoms with Crippen molar-refractivity contribution < 1.29 is 39.4 Å². The molecule has 0 spiro atoms. The summed E-state index contributed by atoms with van der Waals surface area (Å²) < 4.78 is 16.3. The van der Waals surface area contributed by atoms with Crippen LogP contribution in [0.3, 0.4) is 0 Å². The number of carbonyl (C=O) groups excluding carboxylic acids is 1. The van der Waals surface area contributed by atoms with Crippen molar-refractivity contribution in [2.24, 2.45) is 0 Å². The third-order valence-corrected chi connectivity index (χ3v) is 7.14. The van der Waals surface area contributed by atoms with Crippen LogP contribution in [0.25, 0.3) is 0 Å². The summed E-state index contributed by atoms with van der Waals surface area (Å²) in [5.41, 5.74) is 0.464. The van der Waals surface area contributed by atoms with E-state index in [4.69, 9.17) is 14.2 Å². The third-order valence-electron chi connectivity index (χ3n) is 7.14. The molecule has 0 radical (unpaired) electrons. The zero-order valence-corrected chi connectivity index (χ0v) is 23.1. The number of carbonyl (C=O) groups is 1. The predicted octanol–water partition coefficient (Wildman–Crippen LogP) is 5.13. The summed E-state index contributed by atoms with van der Waals surface area (Å²) in [7, 11) is 0. The number of ether oxygens (including phenoxy) is 3. The molecule has 0 aliphatic carbocycles. The quantitative estimate of drug-likeness (QED) is 0.133. The van der Waals surface area contributed by atoms with E-state index in [1.165, 1.54) is 70.6 Å². The van der Waals surface area contributed by atoms with Crippen LogP contribution in [0, 0.1) is 0 Å². The highest BCUT2D eigenvalue weighted by atomic mass is 16.8. The van der Waals surface area contributed by atoms with Crippen molar-refractivity contribution in [2.45, 2.75) is 147 Å². The molecule has 1 aliphatic rings. The molecule has 1 fully saturated rings. The molecule has 0 aromatic heterocycles. The summed E-state index contributed by atoms with van der Waals surface area (Å²) in [4.78, 5) is 12.3. The first-order valence-corrected chi connectivity index (χ1v) is 14.7. The molecule has 4 N–H and O–H groups in total. The van der Waals surface area contributed by atoms with E-state index < -0.39 is 36.9 Å². The van der Waals surface area contributed by atoms with Gasteiger partial charge in [-0.25, -0.2) is 0 Å². The molecule has 0 bridgehead atoms. The number of benzene rings is 1. The SMILES string of the molecule is CCCCCCCCCCCCCCCCCC(=O)O[C@H]1O[C@@H](Oc2ccccc2CO)[C@H](O)[C@@H](O)[C@@H]1O. The predicted molar refractivity (Wildman–Crippen MR) is 145 cm³/mol. The van der Waals surface area contributed by atoms with E-state index in [2.05, 4.69) is 6.92 Å². The first-order chi connectivity index (χ1) is 18.5. The summed E-state index contributed by atoms with van der Waals surface area (Å²) in [6.07, 6.45) is 11.0. The number of aliphatic hydroxyl groups is 4. The van der Waals surface area contributed by atoms with Gasteiger partial charge in [0, 0.05) is 12.0 Å². The Kier molecular flexibility index (Phi) is 16.6. The first-order valence-electron chi connectivity index (χ1n) is 14.7. The summed E-state index contributed by atoms with van der Waals surface area (Å²) in [5.74, 6) is -0.285. The lowest BCUT2D eigenvalue weighted by atomic mass is 10.0. The van der Waals surface area contributed by atoms with Crippen LogP contribution in [-0.2, 0) is 20.9 Å². The van der Waals surface area contributed by atoms with Crippen molar-refractivity contribution in [3.8, 4) is 5.75 Å². The van der Waals surface area contributed by atoms with E-state index in [1.54, 1.807) is 24.3 Å². The average Bonchev–Trinajstić information content (AvgIpc) is 2.92. The molecule has 1 heterocycles. The van der Waals surface area contributed by atoms with Gasteiger partial charge in [0.25, 0.3) is 0 Å². The van der Waals surface area contributed by atoms with E-state index in [9.17, 15) is 25.2 Å². The Balaban J connectivity index is 1.57. The number of hydrogen-bond acceptors (Lipinski definition) is 8. The Bertz CT molecular complexity index is 758. The fourth-order valence-corrected chi connectivity index (χ4v) is 4.72. The second-order valence-electron chi connectivity index (χ2n) is 10.4. The molecule has 2 rings (SSSR count). The van der Waals surface area contributed by atoms with Crippen molar-refractivity contribution in [1.29, 1.82) is 0 Å². The molecule has 0 amide bonds. The Labute approximate surface area is 228 Å². The van der Waals surface area contributed by atoms with Gasteiger partial charge < -0.3 is 29.9 Å². The van der Waals surface area contributed by atoms with Gasteiger partial charge in [-0.05, 0) is 12.5 Å². The molecule has 1 aromatic rings. The largest absolute Gasteiger partial charge is 0.461 e. The Morgan fingerprint density at radius 1 is 0.737 bits per heavy atom. The van der Waals surface area contributed by atoms with Crippen LogP contribution in [0.15, 0.2) is 24.3 Å². The molecule has 1 aromatic carbocycles. The van der Waals surface area contributed by atoms with Crippen molar-refractivity contribution in [1.82, 2.24) is 0 Å². The Morgan fingerprint density at radius 3 is 1.79 bits per heavy atom. The topological polar surface area (TPSA) is 126 Å². The maximum Gasteiger partial charge on any atom is 0.308 e. The van der Waals surface area contributed by atoms with Gasteiger partial charge in [0.1, 0.15) is 24.1 Å². The van der Waals surface area contributed by atoms with Gasteiger partial charge in [0.2, 0.25) is 12.6 Å². The van der Waals surface area contributed by atoms with Gasteiger partial charge in [-0.3, -0.25) is 9.53 Å². The van der Waals surface area contributed by atoms with Crippen molar-refractivity contribution in [2.75, 3.05) is 0 Å². The maximum absolute atomic E-state index is 12.3. The number of rotatable bonds is 20. The number of unbranched alkanes of at least 4 members (excludes halogenated alkanes) is 14. The third kappa shape index (κ3) is 12.0. The maximum atomic E-state index is 12.3. The van der Waals surface area contributed by atoms with Crippen LogP contribution in [0.4, 0.5) is 0 Å². The molecule has 8 heteroatoms. The molecule has 5 atom stereocenters. The van der Waals surface area contributed by atoms with Crippen molar-refractivity contribution >= 4 is 5.97 Å². The smallest absolute Gasteiger partial charge is 0.308 e. The Hall–Kier alpha value is -1.71. The van der Waals surface area contributed by atoms with Gasteiger partial charge in [-0.2, -0.15) is 0 Å². The zero-order chi connectivity index (χ0) is 27.6. The second-order valence-corrected chi connectivity index (χ2v) is 10.4. The van der Waals surface area contributed by atoms with Gasteiger partial charge in [0.15, 0.2) is 0 Å². The first kappa shape index (κ1) is 32.5. The minimum Gasteiger partial charge on any atom is -0.461 e. The summed E-state index contributed by atoms with van der Waals surface area (Å²) >= 11 is 0. The van der Waals surface area contributed by atoms with Crippen LogP contribution in [0.1, 0.15) is 115 Å². The van der Waals surface area contributed by atoms with Gasteiger partial charge in [-0.1, -0.05) is 115 Å². The van der Waals surface area contributed by atoms with E-state index in [0.29, 0.717) is 12.0 Å². The second kappa shape index (κ2) is 19.4. The van der Waals surface area contributed by atoms with Crippen molar-refractivity contribution in [3.05, 3.63) is 29.8 Å². The van der Waals surface area contributed by atoms with Crippen LogP contribution >= 0.6 is 0 Å². The summed E-state index contributed by atoms with van der Waals surface area (Å²) in [6, 6.07) is 6.63. The number of aliphatic hydroxyl groups excluding tert-OH is 4. The van der Waals surface area contributed by atoms with Gasteiger partial charge >= 0.3 is 5.97 Å². The zero-order valence-electron chi connectivity index (χ0n) is 23.1. The summed E-state index contributed by atoms with van der Waals surface area (Å²) in [6.45, 7) is 1.96. The van der Waals surface area contributed by atoms with Crippen LogP contribution in [0.2, 0.25) is 0 Å². The fraction of sp³-hybridized carbons (Fsp3) is 0.767. The molecule has 0 saturated carbocycles. The molecular formula is C30H50O8. The van der Waals surface area contributed by atoms with Crippen LogP contribution < -0.4 is 4.74 Å². The molecule has 1 saturated heterocycles. The minimum atomic E-state index is -1.63. The van der Waals surface area contributed by atoms with Crippen LogP contribution in [-0.4, -0.2) is 57.3 Å². The average molecular weight is 539 g/mol. The standard InChI is InChI=1S/C30H50O8/c1-2-3-4-5-6-7-8-9-10-11-12-13-14-15-16-21-25(32)37-30-28(35)26(33)27(34)29(38-30)36-24-20-18-17-19-23(24)22-31/h17-20,26-31,33-35H,2-16,21-22H2,1H3/t26-,27-,28+,29-,30+/m1/s1. The fourth-order valence-electron chi connectivity index (χ4n) is 4.72. The Morgan fingerprint density at radius 2 is 1.24 bits per heavy atom. The number of esters is 1. The lowest BCUT2D eigenvalue weighted by Gasteiger charge is -2.39. The lowest BCUT2D eigenvalue weighted by Crippen LogP contribution is -2.60. The molecule has 218 valence electrons. The highest BCUT2D eigenvalue weighted by Gasteiger charge is 2.47. The normalized spacial score (nSPS) is 23.3. The van der Waals surface area contributed by atoms with E-state index >= 15 is 0 Å². The molecule has 38 heavy (non-hydrogen) atoms. The van der Waals surface area contributed by atoms with Crippen LogP contribution in [0.5, 0.6) is 5.75 Å². The van der Waals surface area contributed by atoms with Crippen molar-refractivity contribution in [3.63, 3.8) is 0 Å². The van der Waals surface area contributed by atoms with Gasteiger partial charge in [0.05, 0.1) is 6.61 Å². The van der Waals surface area contributed by atoms with E-state index in [0.717, 1.165) is 19.3 Å². The molecule has 0 unspecified atom stereocenters. The number of hydrogen-bond donors (Lipinski definition) is 4. The molecular weight excluding hydrogens is 488 g/mol. The highest BCUT2D eigenvalue weighted by Crippen LogP contribution is 2.27. The van der Waals surface area contributed by atoms with E-state index in [-0.39, 0.29) is 18.8 Å². The van der Waals surface area contributed by atoms with E-state index in [1.807, 2.05) is 0 Å². The lowest BCUT2D eigenvalue weighted by molar-refractivity contribution is -0.324. The molecule has 1 aliphatic heterocycles. The highest BCUT2D eigenvalue weighted by molar-refractivity contribution is 5.69. The molecule has 8 nitrogen and oxygen atoms in total. The minimum absolute atomic E-state index is 0.183.